The SMILES string of the molecule is CC(C)(CON)c1c(F)c(F)cc(F)c1F. The standard InChI is InChI=1S/C10H11F4NO/c1-10(2,4-16-15)7-8(13)5(11)3-6(12)9(7)14/h3H,4,15H2,1-2H3. The van der Waals surface area contributed by atoms with Gasteiger partial charge in [0.15, 0.2) is 23.3 Å². The van der Waals surface area contributed by atoms with Gasteiger partial charge >= 0.3 is 0 Å². The maximum atomic E-state index is 13.4. The van der Waals surface area contributed by atoms with Crippen molar-refractivity contribution >= 4 is 0 Å². The first-order valence-electron chi connectivity index (χ1n) is 4.46. The molecular weight excluding hydrogens is 226 g/mol. The molecule has 0 bridgehead atoms. The molecule has 0 unspecified atom stereocenters. The molecule has 0 atom stereocenters. The van der Waals surface area contributed by atoms with E-state index in [0.29, 0.717) is 0 Å². The van der Waals surface area contributed by atoms with Crippen LogP contribution in [0.4, 0.5) is 17.6 Å². The number of rotatable bonds is 3. The maximum Gasteiger partial charge on any atom is 0.165 e. The van der Waals surface area contributed by atoms with Crippen molar-refractivity contribution in [2.45, 2.75) is 19.3 Å². The van der Waals surface area contributed by atoms with Gasteiger partial charge in [-0.1, -0.05) is 13.8 Å². The molecule has 0 aliphatic rings. The van der Waals surface area contributed by atoms with Crippen LogP contribution in [0.15, 0.2) is 6.07 Å². The average molecular weight is 237 g/mol. The summed E-state index contributed by atoms with van der Waals surface area (Å²) in [7, 11) is 0. The molecule has 0 fully saturated rings. The minimum atomic E-state index is -1.45. The van der Waals surface area contributed by atoms with Gasteiger partial charge in [0.2, 0.25) is 0 Å². The summed E-state index contributed by atoms with van der Waals surface area (Å²) >= 11 is 0. The lowest BCUT2D eigenvalue weighted by Crippen LogP contribution is -2.29. The number of halogens is 4. The van der Waals surface area contributed by atoms with E-state index in [9.17, 15) is 17.6 Å². The van der Waals surface area contributed by atoms with Gasteiger partial charge in [0, 0.05) is 17.0 Å². The molecule has 16 heavy (non-hydrogen) atoms. The topological polar surface area (TPSA) is 35.2 Å². The molecule has 1 rings (SSSR count). The highest BCUT2D eigenvalue weighted by atomic mass is 19.2. The molecule has 0 amide bonds. The molecule has 0 aromatic heterocycles. The fourth-order valence-corrected chi connectivity index (χ4v) is 1.45. The molecule has 1 aromatic carbocycles. The Morgan fingerprint density at radius 2 is 1.56 bits per heavy atom. The number of benzene rings is 1. The summed E-state index contributed by atoms with van der Waals surface area (Å²) in [5.41, 5.74) is -1.98. The third kappa shape index (κ3) is 2.17. The van der Waals surface area contributed by atoms with Crippen LogP contribution >= 0.6 is 0 Å². The predicted molar refractivity (Wildman–Crippen MR) is 49.4 cm³/mol. The van der Waals surface area contributed by atoms with Gasteiger partial charge in [-0.25, -0.2) is 23.5 Å². The van der Waals surface area contributed by atoms with Crippen molar-refractivity contribution in [2.75, 3.05) is 6.61 Å². The van der Waals surface area contributed by atoms with Crippen molar-refractivity contribution in [3.8, 4) is 0 Å². The lowest BCUT2D eigenvalue weighted by molar-refractivity contribution is 0.0929. The Morgan fingerprint density at radius 3 is 1.94 bits per heavy atom. The molecular formula is C10H11F4NO. The Bertz CT molecular complexity index is 380. The Hall–Kier alpha value is -1.14. The molecule has 1 aromatic rings. The van der Waals surface area contributed by atoms with Gasteiger partial charge in [-0.2, -0.15) is 0 Å². The molecule has 90 valence electrons. The van der Waals surface area contributed by atoms with Crippen molar-refractivity contribution in [2.24, 2.45) is 5.90 Å². The fourth-order valence-electron chi connectivity index (χ4n) is 1.45. The van der Waals surface area contributed by atoms with Crippen molar-refractivity contribution in [3.63, 3.8) is 0 Å². The van der Waals surface area contributed by atoms with Crippen LogP contribution in [0, 0.1) is 23.3 Å². The Labute approximate surface area is 90.0 Å². The zero-order valence-corrected chi connectivity index (χ0v) is 8.78. The predicted octanol–water partition coefficient (Wildman–Crippen LogP) is 2.41. The highest BCUT2D eigenvalue weighted by Crippen LogP contribution is 2.31. The number of hydrogen-bond donors (Lipinski definition) is 1. The van der Waals surface area contributed by atoms with Crippen LogP contribution in [0.1, 0.15) is 19.4 Å². The van der Waals surface area contributed by atoms with Gasteiger partial charge in [0.05, 0.1) is 6.61 Å². The first-order chi connectivity index (χ1) is 7.31. The second kappa shape index (κ2) is 4.39. The molecule has 0 aliphatic heterocycles. The molecule has 0 spiro atoms. The van der Waals surface area contributed by atoms with E-state index in [-0.39, 0.29) is 12.7 Å². The minimum absolute atomic E-state index is 0.160. The summed E-state index contributed by atoms with van der Waals surface area (Å²) in [5.74, 6) is -0.954. The van der Waals surface area contributed by atoms with Crippen LogP contribution in [0.5, 0.6) is 0 Å². The maximum absolute atomic E-state index is 13.4. The second-order valence-electron chi connectivity index (χ2n) is 4.04. The highest BCUT2D eigenvalue weighted by molar-refractivity contribution is 5.29. The monoisotopic (exact) mass is 237 g/mol. The summed E-state index contributed by atoms with van der Waals surface area (Å²) in [6, 6.07) is 0.160. The molecule has 0 saturated heterocycles. The molecule has 0 heterocycles. The summed E-state index contributed by atoms with van der Waals surface area (Å²) in [4.78, 5) is 4.27. The molecule has 0 radical (unpaired) electrons. The molecule has 2 nitrogen and oxygen atoms in total. The smallest absolute Gasteiger partial charge is 0.165 e. The van der Waals surface area contributed by atoms with E-state index in [1.54, 1.807) is 0 Å². The summed E-state index contributed by atoms with van der Waals surface area (Å²) < 4.78 is 52.6. The quantitative estimate of drug-likeness (QED) is 0.497. The zero-order valence-electron chi connectivity index (χ0n) is 8.78. The Kier molecular flexibility index (Phi) is 3.54. The van der Waals surface area contributed by atoms with E-state index in [1.165, 1.54) is 13.8 Å². The molecule has 0 saturated carbocycles. The van der Waals surface area contributed by atoms with Gasteiger partial charge in [-0.05, 0) is 0 Å². The van der Waals surface area contributed by atoms with Crippen molar-refractivity contribution in [1.29, 1.82) is 0 Å². The van der Waals surface area contributed by atoms with Crippen LogP contribution < -0.4 is 5.90 Å². The summed E-state index contributed by atoms with van der Waals surface area (Å²) in [6.07, 6.45) is 0. The largest absolute Gasteiger partial charge is 0.304 e. The first-order valence-corrected chi connectivity index (χ1v) is 4.46. The summed E-state index contributed by atoms with van der Waals surface area (Å²) in [5, 5.41) is 0. The first kappa shape index (κ1) is 12.9. The van der Waals surface area contributed by atoms with E-state index in [4.69, 9.17) is 5.90 Å². The van der Waals surface area contributed by atoms with Crippen molar-refractivity contribution in [3.05, 3.63) is 34.9 Å². The number of hydrogen-bond acceptors (Lipinski definition) is 2. The minimum Gasteiger partial charge on any atom is -0.304 e. The van der Waals surface area contributed by atoms with Gasteiger partial charge in [-0.3, -0.25) is 0 Å². The van der Waals surface area contributed by atoms with E-state index in [0.717, 1.165) is 0 Å². The van der Waals surface area contributed by atoms with Gasteiger partial charge in [0.25, 0.3) is 0 Å². The van der Waals surface area contributed by atoms with Gasteiger partial charge in [-0.15, -0.1) is 0 Å². The Morgan fingerprint density at radius 1 is 1.12 bits per heavy atom. The van der Waals surface area contributed by atoms with Crippen molar-refractivity contribution in [1.82, 2.24) is 0 Å². The van der Waals surface area contributed by atoms with E-state index >= 15 is 0 Å². The van der Waals surface area contributed by atoms with Crippen LogP contribution in [-0.4, -0.2) is 6.61 Å². The molecule has 6 heteroatoms. The van der Waals surface area contributed by atoms with Gasteiger partial charge in [0.1, 0.15) is 0 Å². The third-order valence-electron chi connectivity index (χ3n) is 2.23. The van der Waals surface area contributed by atoms with E-state index in [1.807, 2.05) is 0 Å². The third-order valence-corrected chi connectivity index (χ3v) is 2.23. The lowest BCUT2D eigenvalue weighted by atomic mass is 9.84. The average Bonchev–Trinajstić information content (AvgIpc) is 2.14. The van der Waals surface area contributed by atoms with Crippen LogP contribution in [0.2, 0.25) is 0 Å². The molecule has 0 aliphatic carbocycles. The van der Waals surface area contributed by atoms with Crippen LogP contribution in [0.25, 0.3) is 0 Å². The zero-order chi connectivity index (χ0) is 12.5. The van der Waals surface area contributed by atoms with Crippen LogP contribution in [0.3, 0.4) is 0 Å². The summed E-state index contributed by atoms with van der Waals surface area (Å²) in [6.45, 7) is 2.45. The Balaban J connectivity index is 3.42. The molecule has 2 N–H and O–H groups in total. The van der Waals surface area contributed by atoms with Gasteiger partial charge < -0.3 is 4.84 Å². The van der Waals surface area contributed by atoms with E-state index in [2.05, 4.69) is 4.84 Å². The fraction of sp³-hybridized carbons (Fsp3) is 0.400. The lowest BCUT2D eigenvalue weighted by Gasteiger charge is -2.24. The van der Waals surface area contributed by atoms with E-state index < -0.39 is 34.2 Å². The normalized spacial score (nSPS) is 11.9. The van der Waals surface area contributed by atoms with Crippen molar-refractivity contribution < 1.29 is 22.4 Å². The van der Waals surface area contributed by atoms with Crippen LogP contribution in [-0.2, 0) is 10.3 Å². The number of nitrogens with two attached hydrogens (primary N) is 1. The highest BCUT2D eigenvalue weighted by Gasteiger charge is 2.32. The second-order valence-corrected chi connectivity index (χ2v) is 4.04.